The van der Waals surface area contributed by atoms with Crippen molar-refractivity contribution in [2.45, 2.75) is 56.6 Å². The normalized spacial score (nSPS) is 14.2. The van der Waals surface area contributed by atoms with Crippen LogP contribution in [0.15, 0.2) is 59.6 Å². The highest BCUT2D eigenvalue weighted by molar-refractivity contribution is 8.00. The van der Waals surface area contributed by atoms with Gasteiger partial charge in [-0.15, -0.1) is 11.8 Å². The highest BCUT2D eigenvalue weighted by Crippen LogP contribution is 2.33. The molecule has 1 aromatic heterocycles. The highest BCUT2D eigenvalue weighted by Gasteiger charge is 2.17. The average molecular weight is 539 g/mol. The van der Waals surface area contributed by atoms with Crippen molar-refractivity contribution in [1.29, 1.82) is 0 Å². The van der Waals surface area contributed by atoms with Gasteiger partial charge >= 0.3 is 0 Å². The summed E-state index contributed by atoms with van der Waals surface area (Å²) in [5.41, 5.74) is 3.19. The molecule has 2 N–H and O–H groups in total. The maximum absolute atomic E-state index is 6.44. The molecule has 2 aromatic carbocycles. The summed E-state index contributed by atoms with van der Waals surface area (Å²) in [7, 11) is 0. The molecule has 198 valence electrons. The zero-order valence-electron chi connectivity index (χ0n) is 22.2. The van der Waals surface area contributed by atoms with Gasteiger partial charge in [0.25, 0.3) is 0 Å². The molecule has 1 fully saturated rings. The number of unbranched alkanes of at least 4 members (excludes halogenated alkanes) is 3. The summed E-state index contributed by atoms with van der Waals surface area (Å²) in [6, 6.07) is 16.7. The highest BCUT2D eigenvalue weighted by atomic mass is 35.5. The summed E-state index contributed by atoms with van der Waals surface area (Å²) in [6.07, 6.45) is 6.96. The zero-order valence-corrected chi connectivity index (χ0v) is 23.8. The first-order chi connectivity index (χ1) is 18.0. The molecule has 0 amide bonds. The second kappa shape index (κ2) is 13.9. The van der Waals surface area contributed by atoms with Gasteiger partial charge in [0.05, 0.1) is 11.9 Å². The number of hydrogen-bond acceptors (Lipinski definition) is 7. The number of anilines is 5. The lowest BCUT2D eigenvalue weighted by Crippen LogP contribution is -2.46. The lowest BCUT2D eigenvalue weighted by Gasteiger charge is -2.36. The van der Waals surface area contributed by atoms with E-state index in [0.717, 1.165) is 42.4 Å². The van der Waals surface area contributed by atoms with Crippen molar-refractivity contribution in [3.63, 3.8) is 0 Å². The summed E-state index contributed by atoms with van der Waals surface area (Å²) < 4.78 is 0. The molecule has 8 heteroatoms. The molecule has 2 heterocycles. The van der Waals surface area contributed by atoms with E-state index in [1.807, 2.05) is 18.2 Å². The third kappa shape index (κ3) is 8.25. The second-order valence-electron chi connectivity index (χ2n) is 9.74. The van der Waals surface area contributed by atoms with Crippen molar-refractivity contribution in [3.05, 3.63) is 59.8 Å². The Hall–Kier alpha value is -2.48. The molecule has 0 atom stereocenters. The molecule has 4 rings (SSSR count). The number of aromatic nitrogens is 2. The maximum atomic E-state index is 6.44. The number of benzene rings is 2. The first-order valence-corrected chi connectivity index (χ1v) is 14.7. The first-order valence-electron chi connectivity index (χ1n) is 13.4. The van der Waals surface area contributed by atoms with Gasteiger partial charge in [0.1, 0.15) is 5.02 Å². The fraction of sp³-hybridized carbons (Fsp3) is 0.448. The van der Waals surface area contributed by atoms with Gasteiger partial charge in [-0.25, -0.2) is 4.98 Å². The Morgan fingerprint density at radius 1 is 0.946 bits per heavy atom. The van der Waals surface area contributed by atoms with Crippen LogP contribution >= 0.6 is 23.4 Å². The van der Waals surface area contributed by atoms with Crippen molar-refractivity contribution >= 4 is 52.2 Å². The number of nitrogens with one attached hydrogen (secondary N) is 2. The van der Waals surface area contributed by atoms with Crippen molar-refractivity contribution in [3.8, 4) is 0 Å². The van der Waals surface area contributed by atoms with Gasteiger partial charge in [-0.1, -0.05) is 63.8 Å². The van der Waals surface area contributed by atoms with Crippen LogP contribution in [-0.4, -0.2) is 52.8 Å². The molecule has 37 heavy (non-hydrogen) atoms. The van der Waals surface area contributed by atoms with Crippen molar-refractivity contribution in [2.24, 2.45) is 0 Å². The zero-order chi connectivity index (χ0) is 26.0. The molecular weight excluding hydrogens is 500 g/mol. The van der Waals surface area contributed by atoms with E-state index in [1.165, 1.54) is 37.9 Å². The number of rotatable bonds is 12. The van der Waals surface area contributed by atoms with Crippen molar-refractivity contribution in [2.75, 3.05) is 48.3 Å². The van der Waals surface area contributed by atoms with E-state index >= 15 is 0 Å². The summed E-state index contributed by atoms with van der Waals surface area (Å²) in [5.74, 6) is 1.09. The summed E-state index contributed by atoms with van der Waals surface area (Å²) in [4.78, 5) is 15.3. The van der Waals surface area contributed by atoms with Gasteiger partial charge in [-0.2, -0.15) is 4.98 Å². The topological polar surface area (TPSA) is 56.3 Å². The van der Waals surface area contributed by atoms with Crippen LogP contribution in [0.3, 0.4) is 0 Å². The Bertz CT molecular complexity index is 1120. The third-order valence-corrected chi connectivity index (χ3v) is 7.79. The summed E-state index contributed by atoms with van der Waals surface area (Å²) in [6.45, 7) is 12.3. The first kappa shape index (κ1) is 27.6. The molecule has 3 aromatic rings. The van der Waals surface area contributed by atoms with E-state index in [1.54, 1.807) is 18.0 Å². The smallest absolute Gasteiger partial charge is 0.229 e. The van der Waals surface area contributed by atoms with Gasteiger partial charge in [-0.3, -0.25) is 4.90 Å². The molecule has 6 nitrogen and oxygen atoms in total. The molecule has 1 saturated heterocycles. The van der Waals surface area contributed by atoms with Gasteiger partial charge in [0, 0.05) is 47.7 Å². The Kier molecular flexibility index (Phi) is 10.3. The van der Waals surface area contributed by atoms with E-state index in [-0.39, 0.29) is 0 Å². The van der Waals surface area contributed by atoms with Crippen LogP contribution in [0, 0.1) is 0 Å². The lowest BCUT2D eigenvalue weighted by molar-refractivity contribution is 0.252. The van der Waals surface area contributed by atoms with Gasteiger partial charge < -0.3 is 15.5 Å². The second-order valence-corrected chi connectivity index (χ2v) is 11.8. The Balaban J connectivity index is 1.34. The third-order valence-electron chi connectivity index (χ3n) is 6.44. The molecular formula is C29H39ClN6S. The van der Waals surface area contributed by atoms with Crippen LogP contribution in [0.5, 0.6) is 0 Å². The van der Waals surface area contributed by atoms with Crippen molar-refractivity contribution < 1.29 is 0 Å². The molecule has 1 aliphatic rings. The quantitative estimate of drug-likeness (QED) is 0.180. The van der Waals surface area contributed by atoms with Crippen LogP contribution in [0.1, 0.15) is 46.5 Å². The minimum atomic E-state index is 0.475. The molecule has 0 aliphatic carbocycles. The van der Waals surface area contributed by atoms with Gasteiger partial charge in [-0.05, 0) is 49.4 Å². The van der Waals surface area contributed by atoms with Crippen LogP contribution in [-0.2, 0) is 0 Å². The van der Waals surface area contributed by atoms with Crippen LogP contribution in [0.4, 0.5) is 28.8 Å². The number of para-hydroxylation sites is 1. The standard InChI is InChI=1S/C29H39ClN6S/c1-4-5-6-9-16-35-17-19-36(20-18-35)24-14-12-23(13-15-24)32-29-31-21-25(30)28(34-29)33-26-10-7-8-11-27(26)37-22(2)3/h7-8,10-15,21-22H,4-6,9,16-20H2,1-3H3,(H2,31,32,33,34). The maximum Gasteiger partial charge on any atom is 0.229 e. The largest absolute Gasteiger partial charge is 0.369 e. The Labute approximate surface area is 231 Å². The molecule has 0 saturated carbocycles. The fourth-order valence-corrected chi connectivity index (χ4v) is 5.50. The van der Waals surface area contributed by atoms with E-state index in [2.05, 4.69) is 81.5 Å². The van der Waals surface area contributed by atoms with E-state index in [4.69, 9.17) is 11.6 Å². The van der Waals surface area contributed by atoms with Crippen molar-refractivity contribution in [1.82, 2.24) is 14.9 Å². The Morgan fingerprint density at radius 2 is 1.70 bits per heavy atom. The average Bonchev–Trinajstić information content (AvgIpc) is 2.90. The summed E-state index contributed by atoms with van der Waals surface area (Å²) in [5, 5.41) is 7.67. The van der Waals surface area contributed by atoms with E-state index in [0.29, 0.717) is 22.0 Å². The molecule has 0 radical (unpaired) electrons. The van der Waals surface area contributed by atoms with Gasteiger partial charge in [0.2, 0.25) is 5.95 Å². The molecule has 0 unspecified atom stereocenters. The SMILES string of the molecule is CCCCCCN1CCN(c2ccc(Nc3ncc(Cl)c(Nc4ccccc4SC(C)C)n3)cc2)CC1. The van der Waals surface area contributed by atoms with Crippen LogP contribution in [0.2, 0.25) is 5.02 Å². The minimum absolute atomic E-state index is 0.475. The monoisotopic (exact) mass is 538 g/mol. The number of halogens is 1. The fourth-order valence-electron chi connectivity index (χ4n) is 4.45. The molecule has 1 aliphatic heterocycles. The summed E-state index contributed by atoms with van der Waals surface area (Å²) >= 11 is 8.24. The lowest BCUT2D eigenvalue weighted by atomic mass is 10.2. The number of thioether (sulfide) groups is 1. The molecule has 0 spiro atoms. The van der Waals surface area contributed by atoms with E-state index in [9.17, 15) is 0 Å². The Morgan fingerprint density at radius 3 is 2.43 bits per heavy atom. The number of nitrogens with zero attached hydrogens (tertiary/aromatic N) is 4. The number of hydrogen-bond donors (Lipinski definition) is 2. The number of piperazine rings is 1. The predicted molar refractivity (Wildman–Crippen MR) is 160 cm³/mol. The predicted octanol–water partition coefficient (Wildman–Crippen LogP) is 7.82. The van der Waals surface area contributed by atoms with Crippen LogP contribution in [0.25, 0.3) is 0 Å². The van der Waals surface area contributed by atoms with Crippen LogP contribution < -0.4 is 15.5 Å². The van der Waals surface area contributed by atoms with Gasteiger partial charge in [0.15, 0.2) is 5.82 Å². The minimum Gasteiger partial charge on any atom is -0.369 e. The molecule has 0 bridgehead atoms. The van der Waals surface area contributed by atoms with E-state index < -0.39 is 0 Å².